The Labute approximate surface area is 200 Å². The van der Waals surface area contributed by atoms with Crippen LogP contribution in [0.3, 0.4) is 0 Å². The van der Waals surface area contributed by atoms with Crippen molar-refractivity contribution in [2.75, 3.05) is 13.2 Å². The van der Waals surface area contributed by atoms with E-state index in [9.17, 15) is 0 Å². The summed E-state index contributed by atoms with van der Waals surface area (Å²) in [5, 5.41) is 2.25. The molecule has 3 rings (SSSR count). The lowest BCUT2D eigenvalue weighted by Gasteiger charge is -2.12. The van der Waals surface area contributed by atoms with Gasteiger partial charge in [-0.15, -0.1) is 0 Å². The molecule has 0 saturated carbocycles. The van der Waals surface area contributed by atoms with Crippen LogP contribution in [0, 0.1) is 13.8 Å². The van der Waals surface area contributed by atoms with Gasteiger partial charge in [-0.2, -0.15) is 0 Å². The number of hydrogen-bond acceptors (Lipinski definition) is 3. The molecular formula is C30H44O3. The first-order valence-electron chi connectivity index (χ1n) is 13.4. The van der Waals surface area contributed by atoms with Crippen LogP contribution in [0.4, 0.5) is 0 Å². The molecule has 0 aliphatic heterocycles. The fraction of sp³-hybridized carbons (Fsp3) is 0.600. The molecule has 0 bridgehead atoms. The molecule has 0 atom stereocenters. The molecule has 0 radical (unpaired) electrons. The molecule has 1 aromatic heterocycles. The molecule has 0 aliphatic rings. The van der Waals surface area contributed by atoms with Crippen molar-refractivity contribution >= 4 is 21.9 Å². The Morgan fingerprint density at radius 3 is 1.85 bits per heavy atom. The number of aryl methyl sites for hydroxylation is 2. The van der Waals surface area contributed by atoms with E-state index in [0.29, 0.717) is 0 Å². The minimum atomic E-state index is 0.736. The van der Waals surface area contributed by atoms with Crippen molar-refractivity contribution in [3.63, 3.8) is 0 Å². The zero-order chi connectivity index (χ0) is 23.5. The summed E-state index contributed by atoms with van der Waals surface area (Å²) >= 11 is 0. The van der Waals surface area contributed by atoms with Crippen LogP contribution < -0.4 is 9.47 Å². The summed E-state index contributed by atoms with van der Waals surface area (Å²) in [5.41, 5.74) is 4.24. The van der Waals surface area contributed by atoms with Crippen LogP contribution in [0.1, 0.15) is 102 Å². The van der Waals surface area contributed by atoms with Crippen molar-refractivity contribution in [3.8, 4) is 11.5 Å². The van der Waals surface area contributed by atoms with Gasteiger partial charge < -0.3 is 13.9 Å². The van der Waals surface area contributed by atoms with Gasteiger partial charge >= 0.3 is 0 Å². The molecule has 0 aliphatic carbocycles. The van der Waals surface area contributed by atoms with E-state index in [1.807, 2.05) is 6.07 Å². The monoisotopic (exact) mass is 452 g/mol. The van der Waals surface area contributed by atoms with Gasteiger partial charge in [0.2, 0.25) is 0 Å². The number of rotatable bonds is 16. The van der Waals surface area contributed by atoms with Crippen LogP contribution in [0.25, 0.3) is 21.9 Å². The van der Waals surface area contributed by atoms with E-state index in [2.05, 4.69) is 45.9 Å². The quantitative estimate of drug-likeness (QED) is 0.203. The predicted octanol–water partition coefficient (Wildman–Crippen LogP) is 9.68. The third kappa shape index (κ3) is 7.42. The van der Waals surface area contributed by atoms with Gasteiger partial charge in [0.15, 0.2) is 0 Å². The van der Waals surface area contributed by atoms with Gasteiger partial charge in [-0.3, -0.25) is 0 Å². The molecule has 0 saturated heterocycles. The zero-order valence-corrected chi connectivity index (χ0v) is 21.4. The van der Waals surface area contributed by atoms with E-state index in [-0.39, 0.29) is 0 Å². The van der Waals surface area contributed by atoms with Crippen LogP contribution >= 0.6 is 0 Å². The summed E-state index contributed by atoms with van der Waals surface area (Å²) in [4.78, 5) is 0. The first-order chi connectivity index (χ1) is 16.1. The summed E-state index contributed by atoms with van der Waals surface area (Å²) in [7, 11) is 0. The standard InChI is InChI=1S/C30H44O3/c1-5-7-9-11-13-15-17-31-25-21-26(32-18-16-14-12-10-8-6-2)30-28(22-25)33-27-20-23(3)19-24(4)29(27)30/h19-22H,5-18H2,1-4H3. The van der Waals surface area contributed by atoms with Gasteiger partial charge in [0.05, 0.1) is 18.6 Å². The summed E-state index contributed by atoms with van der Waals surface area (Å²) in [6.45, 7) is 10.3. The van der Waals surface area contributed by atoms with Gasteiger partial charge in [0.25, 0.3) is 0 Å². The molecule has 33 heavy (non-hydrogen) atoms. The normalized spacial score (nSPS) is 11.5. The second-order valence-corrected chi connectivity index (χ2v) is 9.58. The van der Waals surface area contributed by atoms with Crippen molar-refractivity contribution in [2.24, 2.45) is 0 Å². The van der Waals surface area contributed by atoms with Crippen molar-refractivity contribution in [3.05, 3.63) is 35.4 Å². The minimum absolute atomic E-state index is 0.736. The topological polar surface area (TPSA) is 31.6 Å². The van der Waals surface area contributed by atoms with Gasteiger partial charge in [-0.25, -0.2) is 0 Å². The van der Waals surface area contributed by atoms with Crippen molar-refractivity contribution in [1.29, 1.82) is 0 Å². The molecule has 0 amide bonds. The summed E-state index contributed by atoms with van der Waals surface area (Å²) in [5.74, 6) is 1.74. The van der Waals surface area contributed by atoms with E-state index in [0.717, 1.165) is 59.5 Å². The van der Waals surface area contributed by atoms with E-state index >= 15 is 0 Å². The molecule has 1 heterocycles. The first-order valence-corrected chi connectivity index (χ1v) is 13.4. The molecule has 0 fully saturated rings. The van der Waals surface area contributed by atoms with Gasteiger partial charge in [0, 0.05) is 17.5 Å². The molecule has 182 valence electrons. The predicted molar refractivity (Wildman–Crippen MR) is 141 cm³/mol. The van der Waals surface area contributed by atoms with E-state index in [4.69, 9.17) is 13.9 Å². The maximum Gasteiger partial charge on any atom is 0.142 e. The average molecular weight is 453 g/mol. The Morgan fingerprint density at radius 2 is 1.18 bits per heavy atom. The lowest BCUT2D eigenvalue weighted by Crippen LogP contribution is -2.00. The first kappa shape index (κ1) is 25.5. The lowest BCUT2D eigenvalue weighted by molar-refractivity contribution is 0.292. The van der Waals surface area contributed by atoms with Crippen LogP contribution in [-0.2, 0) is 0 Å². The highest BCUT2D eigenvalue weighted by molar-refractivity contribution is 6.10. The molecule has 0 N–H and O–H groups in total. The number of hydrogen-bond donors (Lipinski definition) is 0. The summed E-state index contributed by atoms with van der Waals surface area (Å²) in [6.07, 6.45) is 15.1. The average Bonchev–Trinajstić information content (AvgIpc) is 3.16. The Morgan fingerprint density at radius 1 is 0.606 bits per heavy atom. The Hall–Kier alpha value is -2.16. The number of ether oxygens (including phenoxy) is 2. The maximum atomic E-state index is 6.35. The number of fused-ring (bicyclic) bond motifs is 3. The number of benzene rings is 2. The molecular weight excluding hydrogens is 408 g/mol. The lowest BCUT2D eigenvalue weighted by atomic mass is 10.0. The third-order valence-electron chi connectivity index (χ3n) is 6.48. The van der Waals surface area contributed by atoms with Crippen molar-refractivity contribution in [2.45, 2.75) is 105 Å². The zero-order valence-electron chi connectivity index (χ0n) is 21.4. The minimum Gasteiger partial charge on any atom is -0.493 e. The highest BCUT2D eigenvalue weighted by atomic mass is 16.5. The Bertz CT molecular complexity index is 985. The molecule has 3 nitrogen and oxygen atoms in total. The fourth-order valence-electron chi connectivity index (χ4n) is 4.67. The summed E-state index contributed by atoms with van der Waals surface area (Å²) < 4.78 is 18.8. The van der Waals surface area contributed by atoms with Gasteiger partial charge in [-0.05, 0) is 43.9 Å². The Kier molecular flexibility index (Phi) is 10.4. The fourth-order valence-corrected chi connectivity index (χ4v) is 4.67. The maximum absolute atomic E-state index is 6.35. The largest absolute Gasteiger partial charge is 0.493 e. The molecule has 2 aromatic carbocycles. The van der Waals surface area contributed by atoms with Crippen LogP contribution in [0.5, 0.6) is 11.5 Å². The Balaban J connectivity index is 1.72. The van der Waals surface area contributed by atoms with Crippen LogP contribution in [-0.4, -0.2) is 13.2 Å². The SMILES string of the molecule is CCCCCCCCOc1cc(OCCCCCCCC)c2c(c1)oc1cc(C)cc(C)c12. The second-order valence-electron chi connectivity index (χ2n) is 9.58. The van der Waals surface area contributed by atoms with Gasteiger partial charge in [0.1, 0.15) is 22.7 Å². The highest BCUT2D eigenvalue weighted by Crippen LogP contribution is 2.40. The number of furan rings is 1. The van der Waals surface area contributed by atoms with E-state index < -0.39 is 0 Å². The second kappa shape index (κ2) is 13.5. The molecule has 0 spiro atoms. The molecule has 0 unspecified atom stereocenters. The van der Waals surface area contributed by atoms with Gasteiger partial charge in [-0.1, -0.05) is 84.1 Å². The summed E-state index contributed by atoms with van der Waals surface area (Å²) in [6, 6.07) is 8.46. The molecule has 3 heteroatoms. The van der Waals surface area contributed by atoms with Crippen LogP contribution in [0.15, 0.2) is 28.7 Å². The smallest absolute Gasteiger partial charge is 0.142 e. The number of unbranched alkanes of at least 4 members (excludes halogenated alkanes) is 10. The molecule has 3 aromatic rings. The van der Waals surface area contributed by atoms with Crippen molar-refractivity contribution < 1.29 is 13.9 Å². The van der Waals surface area contributed by atoms with E-state index in [1.165, 1.54) is 75.3 Å². The van der Waals surface area contributed by atoms with Crippen LogP contribution in [0.2, 0.25) is 0 Å². The highest BCUT2D eigenvalue weighted by Gasteiger charge is 2.17. The van der Waals surface area contributed by atoms with Crippen molar-refractivity contribution in [1.82, 2.24) is 0 Å². The third-order valence-corrected chi connectivity index (χ3v) is 6.48. The van der Waals surface area contributed by atoms with E-state index in [1.54, 1.807) is 0 Å².